The smallest absolute Gasteiger partial charge is 0.236 e. The van der Waals surface area contributed by atoms with Crippen LogP contribution in [0.1, 0.15) is 18.4 Å². The first-order valence-electron chi connectivity index (χ1n) is 8.70. The molecule has 9 heteroatoms. The number of carbonyl (C=O) groups is 1. The number of carbonyl (C=O) groups excluding carboxylic acids is 1. The second-order valence-electron chi connectivity index (χ2n) is 6.40. The van der Waals surface area contributed by atoms with Gasteiger partial charge in [-0.3, -0.25) is 4.79 Å². The zero-order valence-corrected chi connectivity index (χ0v) is 17.2. The predicted molar refractivity (Wildman–Crippen MR) is 112 cm³/mol. The Hall–Kier alpha value is -1.93. The molecule has 0 spiro atoms. The van der Waals surface area contributed by atoms with Crippen LogP contribution >= 0.6 is 23.2 Å². The summed E-state index contributed by atoms with van der Waals surface area (Å²) in [6.45, 7) is 0.572. The van der Waals surface area contributed by atoms with E-state index in [9.17, 15) is 13.2 Å². The van der Waals surface area contributed by atoms with Crippen LogP contribution in [0.4, 0.5) is 5.82 Å². The summed E-state index contributed by atoms with van der Waals surface area (Å²) in [6.07, 6.45) is 4.00. The lowest BCUT2D eigenvalue weighted by atomic mass is 9.97. The molecule has 0 radical (unpaired) electrons. The lowest BCUT2D eigenvalue weighted by molar-refractivity contribution is -0.120. The van der Waals surface area contributed by atoms with Crippen LogP contribution in [0.2, 0.25) is 10.0 Å². The first-order chi connectivity index (χ1) is 13.3. The lowest BCUT2D eigenvalue weighted by Gasteiger charge is -2.29. The van der Waals surface area contributed by atoms with Crippen molar-refractivity contribution in [1.82, 2.24) is 9.29 Å². The monoisotopic (exact) mass is 439 g/mol. The number of amides is 1. The van der Waals surface area contributed by atoms with Gasteiger partial charge in [0, 0.05) is 30.6 Å². The van der Waals surface area contributed by atoms with E-state index < -0.39 is 10.0 Å². The lowest BCUT2D eigenvalue weighted by Crippen LogP contribution is -2.40. The van der Waals surface area contributed by atoms with E-state index in [1.807, 2.05) is 0 Å². The van der Waals surface area contributed by atoms with Crippen molar-refractivity contribution in [2.24, 2.45) is 5.92 Å². The minimum absolute atomic E-state index is 0.137. The van der Waals surface area contributed by atoms with Crippen LogP contribution in [0.3, 0.4) is 0 Å². The Morgan fingerprint density at radius 1 is 1.14 bits per heavy atom. The molecule has 0 unspecified atom stereocenters. The highest BCUT2D eigenvalue weighted by atomic mass is 35.5. The number of aromatic nitrogens is 1. The molecule has 0 aliphatic carbocycles. The van der Waals surface area contributed by atoms with E-state index in [1.165, 1.54) is 10.4 Å². The van der Waals surface area contributed by atoms with Crippen LogP contribution in [-0.2, 0) is 14.8 Å². The molecule has 6 nitrogen and oxygen atoms in total. The van der Waals surface area contributed by atoms with Gasteiger partial charge in [0.25, 0.3) is 0 Å². The van der Waals surface area contributed by atoms with Gasteiger partial charge in [-0.05, 0) is 48.7 Å². The van der Waals surface area contributed by atoms with Crippen molar-refractivity contribution in [1.29, 1.82) is 0 Å². The molecular formula is C19H19Cl2N3O3S. The number of sulfonamides is 1. The summed E-state index contributed by atoms with van der Waals surface area (Å²) in [5.74, 6) is 0.113. The van der Waals surface area contributed by atoms with E-state index in [-0.39, 0.29) is 24.9 Å². The molecule has 0 bridgehead atoms. The van der Waals surface area contributed by atoms with Gasteiger partial charge in [0.1, 0.15) is 5.82 Å². The number of halogens is 2. The number of piperidine rings is 1. The van der Waals surface area contributed by atoms with Crippen LogP contribution in [-0.4, -0.2) is 36.7 Å². The molecule has 3 rings (SSSR count). The minimum atomic E-state index is -3.58. The van der Waals surface area contributed by atoms with E-state index in [0.29, 0.717) is 34.3 Å². The molecule has 1 amide bonds. The zero-order valence-electron chi connectivity index (χ0n) is 14.9. The molecule has 1 aromatic carbocycles. The summed E-state index contributed by atoms with van der Waals surface area (Å²) in [5.41, 5.74) is 0.641. The Kier molecular flexibility index (Phi) is 6.72. The van der Waals surface area contributed by atoms with Crippen molar-refractivity contribution >= 4 is 51.0 Å². The molecule has 1 N–H and O–H groups in total. The van der Waals surface area contributed by atoms with E-state index >= 15 is 0 Å². The number of benzene rings is 1. The Morgan fingerprint density at radius 3 is 2.54 bits per heavy atom. The largest absolute Gasteiger partial charge is 0.310 e. The quantitative estimate of drug-likeness (QED) is 0.761. The minimum Gasteiger partial charge on any atom is -0.310 e. The van der Waals surface area contributed by atoms with Crippen LogP contribution < -0.4 is 5.32 Å². The van der Waals surface area contributed by atoms with Crippen LogP contribution in [0.25, 0.3) is 6.08 Å². The van der Waals surface area contributed by atoms with Crippen molar-refractivity contribution in [3.63, 3.8) is 0 Å². The molecule has 28 heavy (non-hydrogen) atoms. The van der Waals surface area contributed by atoms with Gasteiger partial charge in [0.2, 0.25) is 15.9 Å². The summed E-state index contributed by atoms with van der Waals surface area (Å²) in [4.78, 5) is 16.4. The maximum Gasteiger partial charge on any atom is 0.236 e. The van der Waals surface area contributed by atoms with Gasteiger partial charge in [-0.25, -0.2) is 13.4 Å². The standard InChI is InChI=1S/C19H19Cl2N3O3S/c20-16-5-4-14(13-17(16)21)8-12-28(26,27)24-10-6-15(7-11-24)19(25)23-18-3-1-2-9-22-18/h1-5,8-9,12-13,15H,6-7,10-11H2,(H,22,23,25)/b12-8+. The first-order valence-corrected chi connectivity index (χ1v) is 11.0. The summed E-state index contributed by atoms with van der Waals surface area (Å²) >= 11 is 11.8. The molecule has 1 aromatic heterocycles. The number of nitrogens with zero attached hydrogens (tertiary/aromatic N) is 2. The van der Waals surface area contributed by atoms with E-state index in [2.05, 4.69) is 10.3 Å². The highest BCUT2D eigenvalue weighted by Crippen LogP contribution is 2.25. The molecular weight excluding hydrogens is 421 g/mol. The molecule has 1 aliphatic heterocycles. The van der Waals surface area contributed by atoms with Gasteiger partial charge < -0.3 is 5.32 Å². The topological polar surface area (TPSA) is 79.4 Å². The van der Waals surface area contributed by atoms with Gasteiger partial charge in [-0.15, -0.1) is 0 Å². The fourth-order valence-electron chi connectivity index (χ4n) is 2.90. The van der Waals surface area contributed by atoms with Crippen molar-refractivity contribution in [2.75, 3.05) is 18.4 Å². The fourth-order valence-corrected chi connectivity index (χ4v) is 4.43. The van der Waals surface area contributed by atoms with Gasteiger partial charge in [0.15, 0.2) is 0 Å². The van der Waals surface area contributed by atoms with Gasteiger partial charge in [0.05, 0.1) is 10.0 Å². The predicted octanol–water partition coefficient (Wildman–Crippen LogP) is 4.04. The zero-order chi connectivity index (χ0) is 20.1. The molecule has 1 fully saturated rings. The highest BCUT2D eigenvalue weighted by molar-refractivity contribution is 7.92. The Labute approximate surface area is 174 Å². The maximum absolute atomic E-state index is 12.5. The summed E-state index contributed by atoms with van der Waals surface area (Å²) in [5, 5.41) is 4.69. The molecule has 1 aliphatic rings. The molecule has 2 heterocycles. The van der Waals surface area contributed by atoms with E-state index in [4.69, 9.17) is 23.2 Å². The van der Waals surface area contributed by atoms with Gasteiger partial charge in [-0.1, -0.05) is 35.3 Å². The Bertz CT molecular complexity index is 973. The van der Waals surface area contributed by atoms with Gasteiger partial charge in [-0.2, -0.15) is 4.31 Å². The van der Waals surface area contributed by atoms with Gasteiger partial charge >= 0.3 is 0 Å². The van der Waals surface area contributed by atoms with Crippen molar-refractivity contribution < 1.29 is 13.2 Å². The van der Waals surface area contributed by atoms with E-state index in [0.717, 1.165) is 5.41 Å². The molecule has 0 atom stereocenters. The average Bonchev–Trinajstić information content (AvgIpc) is 2.70. The number of pyridine rings is 1. The molecule has 1 saturated heterocycles. The summed E-state index contributed by atoms with van der Waals surface area (Å²) in [6, 6.07) is 10.2. The number of hydrogen-bond acceptors (Lipinski definition) is 4. The second-order valence-corrected chi connectivity index (χ2v) is 9.03. The number of rotatable bonds is 5. The molecule has 2 aromatic rings. The average molecular weight is 440 g/mol. The Morgan fingerprint density at radius 2 is 1.89 bits per heavy atom. The van der Waals surface area contributed by atoms with Crippen molar-refractivity contribution in [3.05, 3.63) is 63.6 Å². The number of hydrogen-bond donors (Lipinski definition) is 1. The number of nitrogens with one attached hydrogen (secondary N) is 1. The third-order valence-electron chi connectivity index (χ3n) is 4.48. The SMILES string of the molecule is O=C(Nc1ccccn1)C1CCN(S(=O)(=O)/C=C/c2ccc(Cl)c(Cl)c2)CC1. The maximum atomic E-state index is 12.5. The van der Waals surface area contributed by atoms with Crippen LogP contribution in [0.15, 0.2) is 48.0 Å². The second kappa shape index (κ2) is 9.05. The summed E-state index contributed by atoms with van der Waals surface area (Å²) < 4.78 is 26.5. The molecule has 0 saturated carbocycles. The van der Waals surface area contributed by atoms with Crippen molar-refractivity contribution in [2.45, 2.75) is 12.8 Å². The third kappa shape index (κ3) is 5.32. The van der Waals surface area contributed by atoms with E-state index in [1.54, 1.807) is 42.6 Å². The highest BCUT2D eigenvalue weighted by Gasteiger charge is 2.30. The fraction of sp³-hybridized carbons (Fsp3) is 0.263. The molecule has 148 valence electrons. The number of anilines is 1. The van der Waals surface area contributed by atoms with Crippen LogP contribution in [0, 0.1) is 5.92 Å². The Balaban J connectivity index is 1.57. The van der Waals surface area contributed by atoms with Crippen LogP contribution in [0.5, 0.6) is 0 Å². The first kappa shape index (κ1) is 20.8. The van der Waals surface area contributed by atoms with Crippen molar-refractivity contribution in [3.8, 4) is 0 Å². The summed E-state index contributed by atoms with van der Waals surface area (Å²) in [7, 11) is -3.58. The third-order valence-corrected chi connectivity index (χ3v) is 6.78. The normalized spacial score (nSPS) is 16.4.